The molecule has 1 saturated heterocycles. The zero-order chi connectivity index (χ0) is 16.2. The van der Waals surface area contributed by atoms with E-state index in [9.17, 15) is 0 Å². The first-order valence-electron chi connectivity index (χ1n) is 7.90. The Morgan fingerprint density at radius 3 is 3.09 bits per heavy atom. The molecule has 1 unspecified atom stereocenters. The molecule has 23 heavy (non-hydrogen) atoms. The summed E-state index contributed by atoms with van der Waals surface area (Å²) in [5.74, 6) is 2.91. The molecule has 2 aromatic heterocycles. The summed E-state index contributed by atoms with van der Waals surface area (Å²) in [6.07, 6.45) is 2.83. The Hall–Kier alpha value is -2.39. The lowest BCUT2D eigenvalue weighted by Crippen LogP contribution is -2.23. The summed E-state index contributed by atoms with van der Waals surface area (Å²) in [5, 5.41) is 12.4. The first kappa shape index (κ1) is 15.5. The third-order valence-electron chi connectivity index (χ3n) is 4.29. The van der Waals surface area contributed by atoms with Gasteiger partial charge in [0.2, 0.25) is 5.89 Å². The van der Waals surface area contributed by atoms with E-state index in [0.717, 1.165) is 49.9 Å². The summed E-state index contributed by atoms with van der Waals surface area (Å²) in [7, 11) is 0. The Labute approximate surface area is 136 Å². The molecule has 0 aliphatic carbocycles. The van der Waals surface area contributed by atoms with Crippen LogP contribution in [0, 0.1) is 31.1 Å². The lowest BCUT2D eigenvalue weighted by molar-refractivity contribution is 0.279. The molecule has 120 valence electrons. The first-order valence-corrected chi connectivity index (χ1v) is 7.90. The Balaban J connectivity index is 1.51. The van der Waals surface area contributed by atoms with Crippen LogP contribution in [0.25, 0.3) is 0 Å². The van der Waals surface area contributed by atoms with E-state index in [-0.39, 0.29) is 0 Å². The van der Waals surface area contributed by atoms with Gasteiger partial charge in [-0.3, -0.25) is 4.90 Å². The number of pyridine rings is 1. The summed E-state index contributed by atoms with van der Waals surface area (Å²) < 4.78 is 5.66. The second kappa shape index (κ2) is 6.80. The number of nitrogens with one attached hydrogen (secondary N) is 1. The molecule has 0 aromatic carbocycles. The van der Waals surface area contributed by atoms with Crippen molar-refractivity contribution in [3.8, 4) is 6.07 Å². The van der Waals surface area contributed by atoms with Crippen LogP contribution < -0.4 is 5.32 Å². The van der Waals surface area contributed by atoms with Crippen LogP contribution in [0.4, 0.5) is 5.82 Å². The predicted octanol–water partition coefficient (Wildman–Crippen LogP) is 2.49. The molecule has 1 atom stereocenters. The van der Waals surface area contributed by atoms with Crippen molar-refractivity contribution in [2.24, 2.45) is 5.92 Å². The van der Waals surface area contributed by atoms with Gasteiger partial charge in [-0.25, -0.2) is 9.97 Å². The van der Waals surface area contributed by atoms with Crippen molar-refractivity contribution < 1.29 is 4.42 Å². The van der Waals surface area contributed by atoms with Gasteiger partial charge in [0.1, 0.15) is 17.6 Å². The molecule has 0 amide bonds. The van der Waals surface area contributed by atoms with E-state index in [1.165, 1.54) is 0 Å². The summed E-state index contributed by atoms with van der Waals surface area (Å²) in [5.41, 5.74) is 1.56. The largest absolute Gasteiger partial charge is 0.444 e. The van der Waals surface area contributed by atoms with Crippen LogP contribution in [0.1, 0.15) is 29.3 Å². The average Bonchev–Trinajstić information content (AvgIpc) is 3.12. The van der Waals surface area contributed by atoms with Crippen LogP contribution in [0.5, 0.6) is 0 Å². The number of rotatable bonds is 5. The zero-order valence-electron chi connectivity index (χ0n) is 13.5. The molecule has 1 aliphatic rings. The molecule has 0 bridgehead atoms. The van der Waals surface area contributed by atoms with Crippen molar-refractivity contribution in [1.29, 1.82) is 5.26 Å². The van der Waals surface area contributed by atoms with Crippen LogP contribution >= 0.6 is 0 Å². The molecule has 0 saturated carbocycles. The molecule has 0 spiro atoms. The van der Waals surface area contributed by atoms with E-state index in [4.69, 9.17) is 9.68 Å². The average molecular weight is 311 g/mol. The van der Waals surface area contributed by atoms with Gasteiger partial charge in [-0.1, -0.05) is 0 Å². The van der Waals surface area contributed by atoms with Gasteiger partial charge in [0, 0.05) is 19.3 Å². The molecule has 2 aromatic rings. The minimum Gasteiger partial charge on any atom is -0.444 e. The summed E-state index contributed by atoms with van der Waals surface area (Å²) in [6.45, 7) is 7.55. The number of oxazole rings is 1. The maximum atomic E-state index is 9.09. The van der Waals surface area contributed by atoms with Crippen LogP contribution in [0.3, 0.4) is 0 Å². The Morgan fingerprint density at radius 1 is 1.48 bits per heavy atom. The first-order chi connectivity index (χ1) is 11.2. The molecule has 6 heteroatoms. The highest BCUT2D eigenvalue weighted by Crippen LogP contribution is 2.20. The van der Waals surface area contributed by atoms with E-state index in [1.54, 1.807) is 18.3 Å². The lowest BCUT2D eigenvalue weighted by Gasteiger charge is -2.15. The van der Waals surface area contributed by atoms with Gasteiger partial charge in [-0.05, 0) is 44.9 Å². The number of nitrogens with zero attached hydrogens (tertiary/aromatic N) is 4. The monoisotopic (exact) mass is 311 g/mol. The van der Waals surface area contributed by atoms with Gasteiger partial charge in [0.05, 0.1) is 17.8 Å². The van der Waals surface area contributed by atoms with Gasteiger partial charge in [-0.15, -0.1) is 0 Å². The highest BCUT2D eigenvalue weighted by molar-refractivity contribution is 5.51. The minimum atomic E-state index is 0.542. The van der Waals surface area contributed by atoms with Gasteiger partial charge in [0.25, 0.3) is 0 Å². The van der Waals surface area contributed by atoms with Gasteiger partial charge in [-0.2, -0.15) is 5.26 Å². The van der Waals surface area contributed by atoms with E-state index in [1.807, 2.05) is 13.8 Å². The number of anilines is 1. The fourth-order valence-corrected chi connectivity index (χ4v) is 2.90. The van der Waals surface area contributed by atoms with Crippen LogP contribution in [0.2, 0.25) is 0 Å². The fourth-order valence-electron chi connectivity index (χ4n) is 2.90. The van der Waals surface area contributed by atoms with Gasteiger partial charge < -0.3 is 9.73 Å². The van der Waals surface area contributed by atoms with E-state index < -0.39 is 0 Å². The predicted molar refractivity (Wildman–Crippen MR) is 86.8 cm³/mol. The van der Waals surface area contributed by atoms with Crippen molar-refractivity contribution in [1.82, 2.24) is 14.9 Å². The Morgan fingerprint density at radius 2 is 2.35 bits per heavy atom. The van der Waals surface area contributed by atoms with Crippen molar-refractivity contribution in [3.05, 3.63) is 41.2 Å². The van der Waals surface area contributed by atoms with E-state index in [0.29, 0.717) is 17.3 Å². The number of nitriles is 1. The number of aryl methyl sites for hydroxylation is 2. The number of likely N-dealkylation sites (tertiary alicyclic amines) is 1. The summed E-state index contributed by atoms with van der Waals surface area (Å²) in [4.78, 5) is 11.0. The van der Waals surface area contributed by atoms with Crippen molar-refractivity contribution in [3.63, 3.8) is 0 Å². The molecule has 1 aliphatic heterocycles. The smallest absolute Gasteiger partial charge is 0.208 e. The topological polar surface area (TPSA) is 78.0 Å². The third-order valence-corrected chi connectivity index (χ3v) is 4.29. The highest BCUT2D eigenvalue weighted by atomic mass is 16.4. The van der Waals surface area contributed by atoms with Crippen LogP contribution in [0.15, 0.2) is 22.7 Å². The van der Waals surface area contributed by atoms with Crippen molar-refractivity contribution in [2.45, 2.75) is 26.8 Å². The van der Waals surface area contributed by atoms with Gasteiger partial charge in [0.15, 0.2) is 0 Å². The molecule has 0 radical (unpaired) electrons. The molecule has 1 N–H and O–H groups in total. The number of hydrogen-bond donors (Lipinski definition) is 1. The normalized spacial score (nSPS) is 18.0. The standard InChI is InChI=1S/C17H21N5O/c1-12-13(2)23-16(21-12)11-22-7-5-14(10-22)9-20-17-15(8-18)4-3-6-19-17/h3-4,6,14H,5,7,9-11H2,1-2H3,(H,19,20). The second-order valence-electron chi connectivity index (χ2n) is 6.03. The molecule has 3 heterocycles. The third kappa shape index (κ3) is 3.69. The van der Waals surface area contributed by atoms with Gasteiger partial charge >= 0.3 is 0 Å². The lowest BCUT2D eigenvalue weighted by atomic mass is 10.1. The summed E-state index contributed by atoms with van der Waals surface area (Å²) >= 11 is 0. The number of aromatic nitrogens is 2. The maximum Gasteiger partial charge on any atom is 0.208 e. The molecule has 3 rings (SSSR count). The zero-order valence-corrected chi connectivity index (χ0v) is 13.5. The van der Waals surface area contributed by atoms with Crippen molar-refractivity contribution in [2.75, 3.05) is 25.0 Å². The Kier molecular flexibility index (Phi) is 4.58. The molecule has 6 nitrogen and oxygen atoms in total. The molecular weight excluding hydrogens is 290 g/mol. The molecular formula is C17H21N5O. The quantitative estimate of drug-likeness (QED) is 0.914. The SMILES string of the molecule is Cc1nc(CN2CCC(CNc3ncccc3C#N)C2)oc1C. The fraction of sp³-hybridized carbons (Fsp3) is 0.471. The van der Waals surface area contributed by atoms with Crippen LogP contribution in [-0.2, 0) is 6.54 Å². The summed E-state index contributed by atoms with van der Waals surface area (Å²) in [6, 6.07) is 5.72. The maximum absolute atomic E-state index is 9.09. The van der Waals surface area contributed by atoms with Crippen molar-refractivity contribution >= 4 is 5.82 Å². The number of hydrogen-bond acceptors (Lipinski definition) is 6. The second-order valence-corrected chi connectivity index (χ2v) is 6.03. The minimum absolute atomic E-state index is 0.542. The highest BCUT2D eigenvalue weighted by Gasteiger charge is 2.24. The van der Waals surface area contributed by atoms with E-state index >= 15 is 0 Å². The van der Waals surface area contributed by atoms with Crippen LogP contribution in [-0.4, -0.2) is 34.5 Å². The molecule has 1 fully saturated rings. The Bertz CT molecular complexity index is 699. The van der Waals surface area contributed by atoms with E-state index in [2.05, 4.69) is 26.3 Å².